The van der Waals surface area contributed by atoms with Gasteiger partial charge in [-0.25, -0.2) is 29.8 Å². The van der Waals surface area contributed by atoms with Crippen LogP contribution in [0, 0.1) is 44.4 Å². The Labute approximate surface area is 421 Å². The summed E-state index contributed by atoms with van der Waals surface area (Å²) >= 11 is 1.52. The van der Waals surface area contributed by atoms with Crippen molar-refractivity contribution in [2.75, 3.05) is 28.3 Å². The molecule has 0 saturated heterocycles. The van der Waals surface area contributed by atoms with Gasteiger partial charge in [0.1, 0.15) is 0 Å². The molecular weight excluding hydrogens is 1020 g/mol. The quantitative estimate of drug-likeness (QED) is 0.169. The van der Waals surface area contributed by atoms with Crippen molar-refractivity contribution in [3.63, 3.8) is 0 Å². The summed E-state index contributed by atoms with van der Waals surface area (Å²) in [5.41, 5.74) is 16.7. The molecule has 2 aromatic rings. The number of rotatable bonds is 11. The third-order valence-corrected chi connectivity index (χ3v) is 30.4. The first-order chi connectivity index (χ1) is 32.8. The summed E-state index contributed by atoms with van der Waals surface area (Å²) in [6.45, 7) is 7.01. The number of fused-ring (bicyclic) bond motifs is 6. The van der Waals surface area contributed by atoms with Crippen LogP contribution in [0.1, 0.15) is 164 Å². The molecule has 370 valence electrons. The van der Waals surface area contributed by atoms with E-state index >= 15 is 0 Å². The van der Waals surface area contributed by atoms with Gasteiger partial charge in [-0.1, -0.05) is 39.9 Å². The average Bonchev–Trinajstić information content (AvgIpc) is 4.28. The van der Waals surface area contributed by atoms with Gasteiger partial charge >= 0.3 is 120 Å². The first-order valence-corrected chi connectivity index (χ1v) is 34.7. The number of guanidine groups is 2. The summed E-state index contributed by atoms with van der Waals surface area (Å²) in [6.07, 6.45) is 24.6. The van der Waals surface area contributed by atoms with Crippen molar-refractivity contribution in [1.82, 2.24) is 10.1 Å². The molecule has 68 heavy (non-hydrogen) atoms. The molecule has 10 nitrogen and oxygen atoms in total. The van der Waals surface area contributed by atoms with Crippen molar-refractivity contribution in [1.29, 1.82) is 0 Å². The molecule has 2 aromatic carbocycles. The summed E-state index contributed by atoms with van der Waals surface area (Å²) in [5, 5.41) is 3.24. The van der Waals surface area contributed by atoms with Crippen LogP contribution in [0.25, 0.3) is 0 Å². The van der Waals surface area contributed by atoms with Crippen molar-refractivity contribution < 1.29 is 19.1 Å². The van der Waals surface area contributed by atoms with Gasteiger partial charge in [0.05, 0.1) is 12.2 Å². The average molecular weight is 1100 g/mol. The third kappa shape index (κ3) is 10.7. The van der Waals surface area contributed by atoms with E-state index in [2.05, 4.69) is 94.8 Å². The summed E-state index contributed by atoms with van der Waals surface area (Å²) in [6, 6.07) is 13.0. The second-order valence-corrected chi connectivity index (χ2v) is 34.8. The van der Waals surface area contributed by atoms with Gasteiger partial charge < -0.3 is 20.9 Å². The van der Waals surface area contributed by atoms with Crippen LogP contribution in [0.5, 0.6) is 0 Å². The Morgan fingerprint density at radius 1 is 0.662 bits per heavy atom. The van der Waals surface area contributed by atoms with Crippen LogP contribution < -0.4 is 11.5 Å². The van der Waals surface area contributed by atoms with E-state index in [9.17, 15) is 0 Å². The Bertz CT molecular complexity index is 2250. The molecule has 4 N–H and O–H groups in total. The van der Waals surface area contributed by atoms with Gasteiger partial charge in [0.15, 0.2) is 0 Å². The van der Waals surface area contributed by atoms with Crippen LogP contribution in [0.15, 0.2) is 50.9 Å². The van der Waals surface area contributed by atoms with E-state index in [4.69, 9.17) is 40.6 Å². The summed E-state index contributed by atoms with van der Waals surface area (Å²) in [5.74, 6) is 12.7. The number of hydroxylamine groups is 4. The Morgan fingerprint density at radius 2 is 1.10 bits per heavy atom. The maximum absolute atomic E-state index is 6.42. The number of unbranched alkanes of at least 4 members (excludes halogenated alkanes) is 3. The van der Waals surface area contributed by atoms with Crippen LogP contribution >= 0.6 is 15.9 Å². The van der Waals surface area contributed by atoms with E-state index in [1.54, 1.807) is 30.5 Å². The fraction of sp³-hybridized carbons (Fsp3) is 0.679. The molecule has 2 aliphatic heterocycles. The molecule has 0 bridgehead atoms. The molecule has 8 aliphatic rings. The summed E-state index contributed by atoms with van der Waals surface area (Å²) in [4.78, 5) is 22.5. The van der Waals surface area contributed by atoms with Gasteiger partial charge in [-0.2, -0.15) is 0 Å². The molecule has 12 heteroatoms. The second kappa shape index (κ2) is 21.9. The zero-order valence-electron chi connectivity index (χ0n) is 42.5. The minimum absolute atomic E-state index is 0.0411. The Kier molecular flexibility index (Phi) is 16.6. The molecule has 2 heterocycles. The predicted octanol–water partition coefficient (Wildman–Crippen LogP) is 11.6. The van der Waals surface area contributed by atoms with Gasteiger partial charge in [-0.15, -0.1) is 0 Å². The van der Waals surface area contributed by atoms with Crippen molar-refractivity contribution in [3.8, 4) is 21.7 Å². The molecule has 2 atom stereocenters. The van der Waals surface area contributed by atoms with Crippen LogP contribution in [0.4, 0.5) is 0 Å². The van der Waals surface area contributed by atoms with Crippen molar-refractivity contribution >= 4 is 46.2 Å². The first kappa shape index (κ1) is 51.6. The van der Waals surface area contributed by atoms with E-state index < -0.39 is 29.8 Å². The number of nitrogens with two attached hydrogens (primary N) is 2. The van der Waals surface area contributed by atoms with E-state index in [1.807, 2.05) is 21.2 Å². The molecule has 0 aromatic heterocycles. The van der Waals surface area contributed by atoms with Crippen LogP contribution in [-0.4, -0.2) is 80.9 Å². The maximum atomic E-state index is 6.42. The fourth-order valence-corrected chi connectivity index (χ4v) is 26.0. The monoisotopic (exact) mass is 1100 g/mol. The van der Waals surface area contributed by atoms with E-state index in [-0.39, 0.29) is 10.8 Å². The number of aliphatic imine (C=N–C) groups is 2. The topological polar surface area (TPSA) is 120 Å². The number of hydrogen-bond acceptors (Lipinski definition) is 10. The van der Waals surface area contributed by atoms with Crippen molar-refractivity contribution in [3.05, 3.63) is 68.7 Å². The maximum Gasteiger partial charge on any atom is 0.220 e. The van der Waals surface area contributed by atoms with Crippen LogP contribution in [-0.2, 0) is 43.4 Å². The molecule has 0 amide bonds. The van der Waals surface area contributed by atoms with Gasteiger partial charge in [-0.3, -0.25) is 0 Å². The van der Waals surface area contributed by atoms with Gasteiger partial charge in [0.2, 0.25) is 23.4 Å². The number of halogens is 1. The molecule has 0 radical (unpaired) electrons. The van der Waals surface area contributed by atoms with E-state index in [0.717, 1.165) is 91.3 Å². The fourth-order valence-electron chi connectivity index (χ4n) is 12.1. The van der Waals surface area contributed by atoms with Gasteiger partial charge in [0.25, 0.3) is 0 Å². The van der Waals surface area contributed by atoms with E-state index in [1.165, 1.54) is 75.3 Å². The normalized spacial score (nSPS) is 29.9. The smallest absolute Gasteiger partial charge is 0.220 e. The Hall–Kier alpha value is -2.78. The zero-order valence-corrected chi connectivity index (χ0v) is 46.9. The minimum atomic E-state index is -2.07. The molecule has 10 rings (SSSR count). The summed E-state index contributed by atoms with van der Waals surface area (Å²) in [7, 11) is 7.28. The second-order valence-electron chi connectivity index (χ2n) is 21.5. The number of benzene rings is 2. The third-order valence-electron chi connectivity index (χ3n) is 16.7. The number of methoxy groups -OCH3 is 2. The Morgan fingerprint density at radius 3 is 1.51 bits per heavy atom. The largest absolute Gasteiger partial charge is 0.381 e. The SMILES string of the molecule is CCC[CH2][Sn]([C]#CC1CC1)([CH2]CCC)[CH2]CCC.COC1CCC2(CC1)Cc1ccc(Br)cc1C21N=C(N)N(C)O1.COC1CCC2(CC1)Cc1ccc(C#CC3CC3)cc1C21N=C(N)N(C)O1. The summed E-state index contributed by atoms with van der Waals surface area (Å²) < 4.78 is 20.8. The van der Waals surface area contributed by atoms with Gasteiger partial charge in [-0.05, 0) is 112 Å². The zero-order chi connectivity index (χ0) is 48.2. The molecular formula is C56H81BrN6O4Sn. The molecule has 6 aliphatic carbocycles. The van der Waals surface area contributed by atoms with Gasteiger partial charge in [0, 0.05) is 66.2 Å². The molecule has 2 unspecified atom stereocenters. The van der Waals surface area contributed by atoms with Crippen LogP contribution in [0.2, 0.25) is 13.3 Å². The first-order valence-electron chi connectivity index (χ1n) is 26.4. The number of hydrogen-bond donors (Lipinski definition) is 2. The van der Waals surface area contributed by atoms with Crippen molar-refractivity contribution in [2.24, 2.45) is 44.1 Å². The standard InChI is InChI=1S/C22H27N3O2.C17H22BrN3O2.C5H5.3C4H9.Sn/c1-25-20(23)24-22(27-25)19-13-16(6-5-15-3-4-15)7-8-17(19)14-21(22)11-9-18(26-2)10-12-21;1-21-15(19)20-17(23-21)14-9-12(18)4-3-11(14)10-16(17)7-5-13(22-2)6-8-16;1-2-5-3-4-5;3*1-3-4-2;/h7-8,13,15,18H,3-4,9-12,14H2,1-2H3,(H2,23,24);3-4,9,13H,5-8,10H2,1-2H3,(H2,19,20);5H,3-4H2;3*1,3-4H2,2H3;. The predicted molar refractivity (Wildman–Crippen MR) is 281 cm³/mol. The Balaban J connectivity index is 0.000000141. The van der Waals surface area contributed by atoms with Crippen molar-refractivity contribution in [2.45, 2.75) is 186 Å². The number of ether oxygens (including phenoxy) is 2. The number of nitrogens with zero attached hydrogens (tertiary/aromatic N) is 4. The minimum Gasteiger partial charge on any atom is -0.381 e. The van der Waals surface area contributed by atoms with Crippen LogP contribution in [0.3, 0.4) is 0 Å². The molecule has 4 fully saturated rings. The van der Waals surface area contributed by atoms with E-state index in [0.29, 0.717) is 30.0 Å². The molecule has 4 spiro atoms. The molecule has 4 saturated carbocycles.